The number of hydrogen-bond donors (Lipinski definition) is 1. The van der Waals surface area contributed by atoms with Crippen LogP contribution < -0.4 is 9.80 Å². The molecule has 0 radical (unpaired) electrons. The number of nitrogens with one attached hydrogen (secondary N) is 1. The Balaban J connectivity index is 0.000000117. The standard InChI is InChI=1S/C40H33BrN2.C34H30N2.C6H4BrI/c41-29-8-7-9-30(23-29)42-36-13-4-1-10-32(36)33-24-31(16-17-37(33)42)43-38-14-5-2-11-34(38)40(35-12-3-6-15-39(35)43)27-19-25-18-26(21-27)22-28(40)20-25;1-4-10-30-26(7-1)27-20-25(13-14-31(27)35-30)36-32-11-5-2-8-28(32)34(29-9-3-6-12-33(29)36)23-16-21-15-22(18-23)19-24(34)17-21;7-5-2-1-3-6(8)4-5/h1-17,23-28H,18-22H2;1-14,20-24,35H,15-19H2;1-4H. The summed E-state index contributed by atoms with van der Waals surface area (Å²) in [7, 11) is 0. The van der Waals surface area contributed by atoms with Crippen LogP contribution in [0.15, 0.2) is 239 Å². The number of H-pyrrole nitrogens is 1. The van der Waals surface area contributed by atoms with Gasteiger partial charge in [-0.05, 0) is 266 Å². The Morgan fingerprint density at radius 3 is 1.24 bits per heavy atom. The summed E-state index contributed by atoms with van der Waals surface area (Å²) < 4.78 is 5.90. The Hall–Kier alpha value is -6.91. The van der Waals surface area contributed by atoms with E-state index in [4.69, 9.17) is 0 Å². The lowest BCUT2D eigenvalue weighted by molar-refractivity contribution is -0.0419. The van der Waals surface area contributed by atoms with Gasteiger partial charge in [0.05, 0.1) is 33.8 Å². The van der Waals surface area contributed by atoms with Crippen LogP contribution in [0.4, 0.5) is 34.1 Å². The second-order valence-electron chi connectivity index (χ2n) is 27.0. The largest absolute Gasteiger partial charge is 0.355 e. The molecule has 7 heteroatoms. The average molecular weight is 1370 g/mol. The van der Waals surface area contributed by atoms with E-state index in [1.807, 2.05) is 12.1 Å². The highest BCUT2D eigenvalue weighted by Gasteiger charge is 2.63. The number of nitrogens with zero attached hydrogens (tertiary/aromatic N) is 3. The molecule has 4 heterocycles. The summed E-state index contributed by atoms with van der Waals surface area (Å²) in [6.45, 7) is 0. The van der Waals surface area contributed by atoms with Crippen molar-refractivity contribution >= 4 is 132 Å². The molecule has 0 unspecified atom stereocenters. The van der Waals surface area contributed by atoms with Gasteiger partial charge in [0.2, 0.25) is 0 Å². The third kappa shape index (κ3) is 8.09. The van der Waals surface area contributed by atoms with Crippen LogP contribution >= 0.6 is 54.5 Å². The maximum absolute atomic E-state index is 3.70. The molecule has 8 fully saturated rings. The van der Waals surface area contributed by atoms with Crippen molar-refractivity contribution in [2.75, 3.05) is 9.80 Å². The highest BCUT2D eigenvalue weighted by molar-refractivity contribution is 14.1. The molecular weight excluding hydrogens is 1300 g/mol. The van der Waals surface area contributed by atoms with Gasteiger partial charge in [0, 0.05) is 73.0 Å². The zero-order valence-electron chi connectivity index (χ0n) is 48.6. The highest BCUT2D eigenvalue weighted by Crippen LogP contribution is 2.71. The van der Waals surface area contributed by atoms with Crippen LogP contribution in [0.25, 0.3) is 49.3 Å². The van der Waals surface area contributed by atoms with Gasteiger partial charge in [0.15, 0.2) is 0 Å². The van der Waals surface area contributed by atoms with Gasteiger partial charge < -0.3 is 19.4 Å². The number of aromatic nitrogens is 2. The summed E-state index contributed by atoms with van der Waals surface area (Å²) in [5.74, 6) is 6.84. The van der Waals surface area contributed by atoms with E-state index in [0.29, 0.717) is 0 Å². The van der Waals surface area contributed by atoms with Crippen LogP contribution in [0.2, 0.25) is 0 Å². The van der Waals surface area contributed by atoms with Crippen LogP contribution in [0, 0.1) is 50.9 Å². The molecule has 8 saturated carbocycles. The summed E-state index contributed by atoms with van der Waals surface area (Å²) in [4.78, 5) is 8.74. The number of fused-ring (bicyclic) bond motifs is 10. The number of rotatable bonds is 3. The first kappa shape index (κ1) is 53.1. The molecule has 10 aromatic carbocycles. The second-order valence-corrected chi connectivity index (χ2v) is 30.0. The minimum Gasteiger partial charge on any atom is -0.355 e. The predicted octanol–water partition coefficient (Wildman–Crippen LogP) is 23.0. The molecule has 2 aromatic heterocycles. The predicted molar refractivity (Wildman–Crippen MR) is 376 cm³/mol. The van der Waals surface area contributed by atoms with Gasteiger partial charge in [-0.1, -0.05) is 153 Å². The van der Waals surface area contributed by atoms with Gasteiger partial charge in [-0.15, -0.1) is 0 Å². The normalized spacial score (nSPS) is 24.2. The summed E-state index contributed by atoms with van der Waals surface area (Å²) >= 11 is 9.34. The lowest BCUT2D eigenvalue weighted by Gasteiger charge is -2.64. The Labute approximate surface area is 540 Å². The molecule has 1 N–H and O–H groups in total. The molecule has 10 aliphatic rings. The zero-order chi connectivity index (χ0) is 57.7. The molecule has 12 aromatic rings. The molecule has 0 saturated heterocycles. The molecule has 2 aliphatic heterocycles. The lowest BCUT2D eigenvalue weighted by Crippen LogP contribution is -2.57. The first-order valence-corrected chi connectivity index (χ1v) is 34.6. The topological polar surface area (TPSA) is 27.2 Å². The van der Waals surface area contributed by atoms with Crippen molar-refractivity contribution in [1.82, 2.24) is 9.55 Å². The average Bonchev–Trinajstić information content (AvgIpc) is 1.30. The summed E-state index contributed by atoms with van der Waals surface area (Å²) in [5.41, 5.74) is 20.7. The number of aromatic amines is 1. The molecule has 8 bridgehead atoms. The molecule has 2 spiro atoms. The van der Waals surface area contributed by atoms with E-state index in [9.17, 15) is 0 Å². The van der Waals surface area contributed by atoms with Crippen LogP contribution in [0.5, 0.6) is 0 Å². The Bertz CT molecular complexity index is 4550. The van der Waals surface area contributed by atoms with Crippen molar-refractivity contribution in [3.8, 4) is 5.69 Å². The Morgan fingerprint density at radius 2 is 0.747 bits per heavy atom. The molecule has 4 nitrogen and oxygen atoms in total. The van der Waals surface area contributed by atoms with E-state index in [1.54, 1.807) is 22.3 Å². The summed E-state index contributed by atoms with van der Waals surface area (Å²) in [5, 5.41) is 5.17. The van der Waals surface area contributed by atoms with E-state index in [-0.39, 0.29) is 10.8 Å². The fourth-order valence-corrected chi connectivity index (χ4v) is 22.0. The van der Waals surface area contributed by atoms with Crippen molar-refractivity contribution in [3.63, 3.8) is 0 Å². The number of benzene rings is 10. The van der Waals surface area contributed by atoms with Crippen LogP contribution in [-0.4, -0.2) is 9.55 Å². The first-order valence-electron chi connectivity index (χ1n) is 32.0. The lowest BCUT2D eigenvalue weighted by atomic mass is 9.41. The zero-order valence-corrected chi connectivity index (χ0v) is 53.9. The molecular formula is C80H67Br2IN4. The quantitative estimate of drug-likeness (QED) is 0.179. The SMILES string of the molecule is Brc1cccc(-n2c3ccccc3c3cc(N4c5ccccc5C5(c6ccccc64)C4CC6CC(C4)CC5C6)ccc32)c1.Brc1cccc(I)c1.c1ccc2c(c1)N(c1ccc3[nH]c4ccccc4c3c1)c1ccccc1C21C2CC3CC(C2)CC1C3. The summed E-state index contributed by atoms with van der Waals surface area (Å²) in [6.07, 6.45) is 14.2. The van der Waals surface area contributed by atoms with Crippen molar-refractivity contribution in [2.24, 2.45) is 47.3 Å². The first-order chi connectivity index (χ1) is 42.8. The molecule has 8 aliphatic carbocycles. The Kier molecular flexibility index (Phi) is 12.6. The molecule has 428 valence electrons. The number of anilines is 6. The summed E-state index contributed by atoms with van der Waals surface area (Å²) in [6, 6.07) is 86.1. The van der Waals surface area contributed by atoms with E-state index >= 15 is 0 Å². The number of halogens is 3. The minimum absolute atomic E-state index is 0.137. The van der Waals surface area contributed by atoms with Crippen LogP contribution in [0.3, 0.4) is 0 Å². The van der Waals surface area contributed by atoms with Crippen molar-refractivity contribution in [1.29, 1.82) is 0 Å². The van der Waals surface area contributed by atoms with E-state index in [1.165, 1.54) is 151 Å². The van der Waals surface area contributed by atoms with E-state index in [0.717, 1.165) is 56.3 Å². The van der Waals surface area contributed by atoms with Gasteiger partial charge in [0.1, 0.15) is 0 Å². The van der Waals surface area contributed by atoms with Crippen LogP contribution in [0.1, 0.15) is 86.5 Å². The fraction of sp³-hybridized carbons (Fsp3) is 0.250. The van der Waals surface area contributed by atoms with Crippen molar-refractivity contribution < 1.29 is 0 Å². The van der Waals surface area contributed by atoms with Gasteiger partial charge in [-0.25, -0.2) is 0 Å². The van der Waals surface area contributed by atoms with Gasteiger partial charge >= 0.3 is 0 Å². The fourth-order valence-electron chi connectivity index (χ4n) is 20.2. The maximum atomic E-state index is 3.70. The third-order valence-electron chi connectivity index (χ3n) is 22.7. The maximum Gasteiger partial charge on any atom is 0.0542 e. The van der Waals surface area contributed by atoms with Crippen LogP contribution in [-0.2, 0) is 10.8 Å². The number of hydrogen-bond acceptors (Lipinski definition) is 2. The smallest absolute Gasteiger partial charge is 0.0542 e. The Morgan fingerprint density at radius 1 is 0.333 bits per heavy atom. The van der Waals surface area contributed by atoms with Gasteiger partial charge in [-0.3, -0.25) is 0 Å². The molecule has 22 rings (SSSR count). The van der Waals surface area contributed by atoms with E-state index in [2.05, 4.69) is 292 Å². The monoisotopic (exact) mass is 1370 g/mol. The molecule has 87 heavy (non-hydrogen) atoms. The van der Waals surface area contributed by atoms with E-state index < -0.39 is 0 Å². The minimum atomic E-state index is 0.137. The van der Waals surface area contributed by atoms with Crippen molar-refractivity contribution in [2.45, 2.75) is 75.0 Å². The third-order valence-corrected chi connectivity index (χ3v) is 24.4. The van der Waals surface area contributed by atoms with Gasteiger partial charge in [0.25, 0.3) is 0 Å². The molecule has 0 amide bonds. The number of para-hydroxylation sites is 6. The van der Waals surface area contributed by atoms with Gasteiger partial charge in [-0.2, -0.15) is 0 Å². The highest BCUT2D eigenvalue weighted by atomic mass is 127. The molecule has 0 atom stereocenters. The van der Waals surface area contributed by atoms with Crippen molar-refractivity contribution in [3.05, 3.63) is 265 Å². The second kappa shape index (κ2) is 20.6.